The third-order valence-electron chi connectivity index (χ3n) is 5.22. The third kappa shape index (κ3) is 6.50. The van der Waals surface area contributed by atoms with Crippen molar-refractivity contribution >= 4 is 11.9 Å². The van der Waals surface area contributed by atoms with Gasteiger partial charge in [-0.3, -0.25) is 9.59 Å². The van der Waals surface area contributed by atoms with Gasteiger partial charge in [-0.1, -0.05) is 56.0 Å². The normalized spacial score (nSPS) is 17.6. The summed E-state index contributed by atoms with van der Waals surface area (Å²) in [6, 6.07) is 8.86. The molecule has 0 amide bonds. The lowest BCUT2D eigenvalue weighted by Gasteiger charge is -2.37. The second-order valence-electron chi connectivity index (χ2n) is 7.22. The second kappa shape index (κ2) is 9.56. The molecule has 3 N–H and O–H groups in total. The first kappa shape index (κ1) is 19.4. The number of aliphatic carboxylic acids is 1. The van der Waals surface area contributed by atoms with Crippen molar-refractivity contribution in [1.29, 1.82) is 0 Å². The zero-order valence-corrected chi connectivity index (χ0v) is 14.8. The molecule has 0 aromatic heterocycles. The molecule has 0 aliphatic heterocycles. The Hall–Kier alpha value is -1.88. The molecule has 2 rings (SSSR count). The molecular formula is C20H29NO4. The second-order valence-corrected chi connectivity index (χ2v) is 7.22. The molecule has 1 fully saturated rings. The van der Waals surface area contributed by atoms with Crippen LogP contribution in [0.25, 0.3) is 0 Å². The summed E-state index contributed by atoms with van der Waals surface area (Å²) < 4.78 is 5.46. The molecule has 1 saturated carbocycles. The van der Waals surface area contributed by atoms with E-state index in [1.54, 1.807) is 0 Å². The number of carboxylic acid groups (broad SMARTS) is 1. The van der Waals surface area contributed by atoms with Crippen LogP contribution in [-0.4, -0.2) is 23.1 Å². The fraction of sp³-hybridized carbons (Fsp3) is 0.600. The van der Waals surface area contributed by atoms with Crippen molar-refractivity contribution < 1.29 is 19.4 Å². The number of benzene rings is 1. The molecular weight excluding hydrogens is 318 g/mol. The molecule has 0 saturated heterocycles. The summed E-state index contributed by atoms with van der Waals surface area (Å²) in [4.78, 5) is 23.2. The van der Waals surface area contributed by atoms with Crippen LogP contribution in [0.4, 0.5) is 0 Å². The molecule has 138 valence electrons. The Morgan fingerprint density at radius 1 is 1.16 bits per heavy atom. The zero-order valence-electron chi connectivity index (χ0n) is 14.8. The highest BCUT2D eigenvalue weighted by Crippen LogP contribution is 2.43. The van der Waals surface area contributed by atoms with E-state index in [1.807, 2.05) is 30.3 Å². The molecule has 1 aromatic rings. The minimum atomic E-state index is -0.958. The summed E-state index contributed by atoms with van der Waals surface area (Å²) in [5, 5.41) is 8.91. The number of esters is 1. The van der Waals surface area contributed by atoms with E-state index in [0.717, 1.165) is 44.1 Å². The number of hydrogen-bond donors (Lipinski definition) is 2. The molecule has 1 atom stereocenters. The molecule has 25 heavy (non-hydrogen) atoms. The monoisotopic (exact) mass is 347 g/mol. The lowest BCUT2D eigenvalue weighted by atomic mass is 9.69. The molecule has 5 nitrogen and oxygen atoms in total. The highest BCUT2D eigenvalue weighted by Gasteiger charge is 2.34. The van der Waals surface area contributed by atoms with E-state index >= 15 is 0 Å². The van der Waals surface area contributed by atoms with Gasteiger partial charge in [-0.15, -0.1) is 0 Å². The van der Waals surface area contributed by atoms with Crippen molar-refractivity contribution in [2.45, 2.75) is 70.4 Å². The summed E-state index contributed by atoms with van der Waals surface area (Å²) in [5.74, 6) is -1.12. The van der Waals surface area contributed by atoms with Gasteiger partial charge in [0.05, 0.1) is 6.42 Å². The van der Waals surface area contributed by atoms with Crippen molar-refractivity contribution in [1.82, 2.24) is 0 Å². The Bertz CT molecular complexity index is 552. The number of carbonyl (C=O) groups is 2. The average Bonchev–Trinajstić information content (AvgIpc) is 2.61. The maximum Gasteiger partial charge on any atom is 0.320 e. The summed E-state index contributed by atoms with van der Waals surface area (Å²) in [5.41, 5.74) is 6.53. The predicted molar refractivity (Wildman–Crippen MR) is 95.8 cm³/mol. The third-order valence-corrected chi connectivity index (χ3v) is 5.22. The lowest BCUT2D eigenvalue weighted by Crippen LogP contribution is -2.32. The lowest BCUT2D eigenvalue weighted by molar-refractivity contribution is -0.148. The maximum absolute atomic E-state index is 12.4. The van der Waals surface area contributed by atoms with Crippen molar-refractivity contribution in [3.05, 3.63) is 35.9 Å². The number of ether oxygens (including phenoxy) is 1. The van der Waals surface area contributed by atoms with Gasteiger partial charge in [-0.25, -0.2) is 0 Å². The van der Waals surface area contributed by atoms with Crippen molar-refractivity contribution in [3.63, 3.8) is 0 Å². The Morgan fingerprint density at radius 2 is 1.84 bits per heavy atom. The smallest absolute Gasteiger partial charge is 0.320 e. The van der Waals surface area contributed by atoms with Crippen LogP contribution in [0.3, 0.4) is 0 Å². The van der Waals surface area contributed by atoms with E-state index in [-0.39, 0.29) is 11.4 Å². The number of rotatable bonds is 9. The largest absolute Gasteiger partial charge is 0.480 e. The van der Waals surface area contributed by atoms with Gasteiger partial charge in [-0.2, -0.15) is 0 Å². The quantitative estimate of drug-likeness (QED) is 0.666. The first-order valence-corrected chi connectivity index (χ1v) is 9.19. The molecule has 1 unspecified atom stereocenters. The first-order chi connectivity index (χ1) is 12.0. The van der Waals surface area contributed by atoms with Crippen LogP contribution in [0.5, 0.6) is 0 Å². The van der Waals surface area contributed by atoms with Crippen molar-refractivity contribution in [2.75, 3.05) is 0 Å². The van der Waals surface area contributed by atoms with Crippen LogP contribution in [0.2, 0.25) is 0 Å². The minimum Gasteiger partial charge on any atom is -0.480 e. The average molecular weight is 347 g/mol. The van der Waals surface area contributed by atoms with E-state index in [1.165, 1.54) is 6.42 Å². The van der Waals surface area contributed by atoms with Crippen LogP contribution in [0, 0.1) is 5.41 Å². The SMILES string of the molecule is NC(CCCC1(CC(=O)OCc2ccccc2)CCCCC1)C(=O)O. The van der Waals surface area contributed by atoms with Gasteiger partial charge in [0, 0.05) is 0 Å². The summed E-state index contributed by atoms with van der Waals surface area (Å²) in [6.45, 7) is 0.305. The zero-order chi connectivity index (χ0) is 18.1. The first-order valence-electron chi connectivity index (χ1n) is 9.19. The van der Waals surface area contributed by atoms with Crippen molar-refractivity contribution in [2.24, 2.45) is 11.1 Å². The van der Waals surface area contributed by atoms with Crippen LogP contribution in [0.1, 0.15) is 63.4 Å². The van der Waals surface area contributed by atoms with Gasteiger partial charge in [-0.05, 0) is 36.7 Å². The van der Waals surface area contributed by atoms with Gasteiger partial charge in [0.2, 0.25) is 0 Å². The van der Waals surface area contributed by atoms with Gasteiger partial charge in [0.25, 0.3) is 0 Å². The van der Waals surface area contributed by atoms with Gasteiger partial charge < -0.3 is 15.6 Å². The Labute approximate surface area is 149 Å². The summed E-state index contributed by atoms with van der Waals surface area (Å²) in [7, 11) is 0. The topological polar surface area (TPSA) is 89.6 Å². The molecule has 1 aromatic carbocycles. The number of carboxylic acids is 1. The van der Waals surface area contributed by atoms with E-state index < -0.39 is 12.0 Å². The van der Waals surface area contributed by atoms with Crippen LogP contribution in [-0.2, 0) is 20.9 Å². The van der Waals surface area contributed by atoms with Gasteiger partial charge in [0.15, 0.2) is 0 Å². The van der Waals surface area contributed by atoms with Crippen molar-refractivity contribution in [3.8, 4) is 0 Å². The Kier molecular flexibility index (Phi) is 7.44. The van der Waals surface area contributed by atoms with Gasteiger partial charge in [0.1, 0.15) is 12.6 Å². The number of nitrogens with two attached hydrogens (primary N) is 1. The van der Waals surface area contributed by atoms with Crippen LogP contribution in [0.15, 0.2) is 30.3 Å². The predicted octanol–water partition coefficient (Wildman–Crippen LogP) is 3.65. The highest BCUT2D eigenvalue weighted by atomic mass is 16.5. The highest BCUT2D eigenvalue weighted by molar-refractivity contribution is 5.73. The molecule has 0 heterocycles. The minimum absolute atomic E-state index is 0.0513. The Morgan fingerprint density at radius 3 is 2.48 bits per heavy atom. The number of carbonyl (C=O) groups excluding carboxylic acids is 1. The summed E-state index contributed by atoms with van der Waals surface area (Å²) >= 11 is 0. The van der Waals surface area contributed by atoms with E-state index in [9.17, 15) is 9.59 Å². The molecule has 0 bridgehead atoms. The summed E-state index contributed by atoms with van der Waals surface area (Å²) in [6.07, 6.45) is 7.92. The number of hydrogen-bond acceptors (Lipinski definition) is 4. The van der Waals surface area contributed by atoms with E-state index in [0.29, 0.717) is 19.4 Å². The molecule has 0 radical (unpaired) electrons. The van der Waals surface area contributed by atoms with E-state index in [2.05, 4.69) is 0 Å². The molecule has 1 aliphatic carbocycles. The Balaban J connectivity index is 1.85. The maximum atomic E-state index is 12.4. The standard InChI is InChI=1S/C20H29NO4/c21-17(19(23)24)10-7-13-20(11-5-2-6-12-20)14-18(22)25-15-16-8-3-1-4-9-16/h1,3-4,8-9,17H,2,5-7,10-15,21H2,(H,23,24). The fourth-order valence-corrected chi connectivity index (χ4v) is 3.73. The molecule has 1 aliphatic rings. The van der Waals surface area contributed by atoms with Crippen LogP contribution >= 0.6 is 0 Å². The van der Waals surface area contributed by atoms with Gasteiger partial charge >= 0.3 is 11.9 Å². The van der Waals surface area contributed by atoms with Crippen LogP contribution < -0.4 is 5.73 Å². The molecule has 0 spiro atoms. The molecule has 5 heteroatoms. The van der Waals surface area contributed by atoms with E-state index in [4.69, 9.17) is 15.6 Å². The fourth-order valence-electron chi connectivity index (χ4n) is 3.73.